The fourth-order valence-electron chi connectivity index (χ4n) is 4.08. The van der Waals surface area contributed by atoms with Crippen molar-refractivity contribution in [2.75, 3.05) is 19.7 Å². The molecule has 0 aromatic carbocycles. The van der Waals surface area contributed by atoms with E-state index < -0.39 is 0 Å². The number of amides is 1. The van der Waals surface area contributed by atoms with Crippen LogP contribution in [-0.4, -0.2) is 50.3 Å². The lowest BCUT2D eigenvalue weighted by molar-refractivity contribution is -0.0964. The second-order valence-electron chi connectivity index (χ2n) is 7.16. The van der Waals surface area contributed by atoms with Crippen molar-refractivity contribution in [1.29, 1.82) is 0 Å². The largest absolute Gasteiger partial charge is 0.454 e. The van der Waals surface area contributed by atoms with Crippen LogP contribution in [0, 0.1) is 0 Å². The number of rotatable bonds is 3. The smallest absolute Gasteiger partial charge is 0.289 e. The van der Waals surface area contributed by atoms with Crippen molar-refractivity contribution in [3.8, 4) is 0 Å². The number of hydrogen-bond donors (Lipinski definition) is 1. The fraction of sp³-hybridized carbons (Fsp3) is 0.421. The van der Waals surface area contributed by atoms with Crippen molar-refractivity contribution in [3.63, 3.8) is 0 Å². The Morgan fingerprint density at radius 1 is 1.30 bits per heavy atom. The van der Waals surface area contributed by atoms with E-state index >= 15 is 0 Å². The van der Waals surface area contributed by atoms with Gasteiger partial charge < -0.3 is 18.6 Å². The van der Waals surface area contributed by atoms with Crippen LogP contribution < -0.4 is 0 Å². The first-order valence-electron chi connectivity index (χ1n) is 9.24. The Bertz CT molecular complexity index is 934. The van der Waals surface area contributed by atoms with Gasteiger partial charge in [-0.15, -0.1) is 0 Å². The SMILES string of the molecule is O=C(c1ccc(Cn2ccnc2)o1)N1CCC2(CC1)OCCc1cn[nH]c12. The van der Waals surface area contributed by atoms with Crippen LogP contribution in [0.3, 0.4) is 0 Å². The maximum absolute atomic E-state index is 12.8. The monoisotopic (exact) mass is 367 g/mol. The molecule has 1 amide bonds. The van der Waals surface area contributed by atoms with Crippen LogP contribution >= 0.6 is 0 Å². The van der Waals surface area contributed by atoms with Gasteiger partial charge >= 0.3 is 0 Å². The number of nitrogens with one attached hydrogen (secondary N) is 1. The van der Waals surface area contributed by atoms with Crippen molar-refractivity contribution in [3.05, 3.63) is 59.8 Å². The van der Waals surface area contributed by atoms with E-state index in [2.05, 4.69) is 15.2 Å². The maximum atomic E-state index is 12.8. The molecule has 5 heterocycles. The summed E-state index contributed by atoms with van der Waals surface area (Å²) in [5.74, 6) is 1.05. The molecular weight excluding hydrogens is 346 g/mol. The fourth-order valence-corrected chi connectivity index (χ4v) is 4.08. The minimum Gasteiger partial charge on any atom is -0.454 e. The summed E-state index contributed by atoms with van der Waals surface area (Å²) >= 11 is 0. The highest BCUT2D eigenvalue weighted by atomic mass is 16.5. The van der Waals surface area contributed by atoms with Crippen molar-refractivity contribution in [1.82, 2.24) is 24.6 Å². The Morgan fingerprint density at radius 2 is 2.19 bits per heavy atom. The number of carbonyl (C=O) groups excluding carboxylic acids is 1. The van der Waals surface area contributed by atoms with E-state index in [0.717, 1.165) is 30.7 Å². The number of carbonyl (C=O) groups is 1. The standard InChI is InChI=1S/C19H21N5O3/c25-18(16-2-1-15(27-16)12-23-9-6-20-13-23)24-7-4-19(5-8-24)17-14(3-10-26-19)11-21-22-17/h1-2,6,9,11,13H,3-5,7-8,10,12H2,(H,21,22). The number of hydrogen-bond acceptors (Lipinski definition) is 5. The quantitative estimate of drug-likeness (QED) is 0.764. The Labute approximate surface area is 156 Å². The number of H-pyrrole nitrogens is 1. The number of fused-ring (bicyclic) bond motifs is 2. The first-order valence-corrected chi connectivity index (χ1v) is 9.24. The van der Waals surface area contributed by atoms with E-state index in [-0.39, 0.29) is 11.5 Å². The molecular formula is C19H21N5O3. The van der Waals surface area contributed by atoms with Crippen LogP contribution in [0.15, 0.2) is 41.5 Å². The third kappa shape index (κ3) is 2.86. The molecule has 140 valence electrons. The zero-order chi connectivity index (χ0) is 18.3. The van der Waals surface area contributed by atoms with Crippen LogP contribution in [0.5, 0.6) is 0 Å². The minimum atomic E-state index is -0.337. The second kappa shape index (κ2) is 6.38. The number of likely N-dealkylation sites (tertiary alicyclic amines) is 1. The van der Waals surface area contributed by atoms with Gasteiger partial charge in [0.1, 0.15) is 11.4 Å². The predicted molar refractivity (Wildman–Crippen MR) is 95.1 cm³/mol. The molecule has 1 N–H and O–H groups in total. The molecule has 5 rings (SSSR count). The summed E-state index contributed by atoms with van der Waals surface area (Å²) < 4.78 is 13.8. The number of imidazole rings is 1. The van der Waals surface area contributed by atoms with Crippen molar-refractivity contribution in [2.45, 2.75) is 31.4 Å². The highest BCUT2D eigenvalue weighted by molar-refractivity contribution is 5.91. The molecule has 0 unspecified atom stereocenters. The van der Waals surface area contributed by atoms with E-state index in [4.69, 9.17) is 9.15 Å². The molecule has 3 aromatic heterocycles. The predicted octanol–water partition coefficient (Wildman–Crippen LogP) is 1.95. The first kappa shape index (κ1) is 16.3. The summed E-state index contributed by atoms with van der Waals surface area (Å²) in [5.41, 5.74) is 1.98. The van der Waals surface area contributed by atoms with E-state index in [9.17, 15) is 4.79 Å². The van der Waals surface area contributed by atoms with Gasteiger partial charge in [0.15, 0.2) is 5.76 Å². The number of piperidine rings is 1. The van der Waals surface area contributed by atoms with Crippen molar-refractivity contribution >= 4 is 5.91 Å². The topological polar surface area (TPSA) is 89.2 Å². The lowest BCUT2D eigenvalue weighted by Crippen LogP contribution is -2.48. The molecule has 8 heteroatoms. The van der Waals surface area contributed by atoms with Crippen molar-refractivity contribution in [2.24, 2.45) is 0 Å². The molecule has 0 aliphatic carbocycles. The van der Waals surface area contributed by atoms with E-state index in [1.54, 1.807) is 18.6 Å². The van der Waals surface area contributed by atoms with Gasteiger partial charge in [0.05, 0.1) is 31.4 Å². The summed E-state index contributed by atoms with van der Waals surface area (Å²) in [5, 5.41) is 7.30. The van der Waals surface area contributed by atoms with Gasteiger partial charge in [-0.25, -0.2) is 4.98 Å². The number of furan rings is 1. The molecule has 8 nitrogen and oxygen atoms in total. The highest BCUT2D eigenvalue weighted by Crippen LogP contribution is 2.40. The molecule has 27 heavy (non-hydrogen) atoms. The maximum Gasteiger partial charge on any atom is 0.289 e. The molecule has 0 radical (unpaired) electrons. The Balaban J connectivity index is 1.26. The summed E-state index contributed by atoms with van der Waals surface area (Å²) in [6.45, 7) is 2.53. The Hall–Kier alpha value is -2.87. The molecule has 0 atom stereocenters. The van der Waals surface area contributed by atoms with E-state index in [1.165, 1.54) is 5.56 Å². The molecule has 1 fully saturated rings. The normalized spacial score (nSPS) is 18.6. The minimum absolute atomic E-state index is 0.0672. The molecule has 2 aliphatic heterocycles. The number of aromatic amines is 1. The van der Waals surface area contributed by atoms with Gasteiger partial charge in [0.2, 0.25) is 0 Å². The second-order valence-corrected chi connectivity index (χ2v) is 7.16. The molecule has 1 spiro atoms. The highest BCUT2D eigenvalue weighted by Gasteiger charge is 2.43. The van der Waals surface area contributed by atoms with Crippen LogP contribution in [-0.2, 0) is 23.3 Å². The number of ether oxygens (including phenoxy) is 1. The zero-order valence-corrected chi connectivity index (χ0v) is 14.9. The molecule has 0 saturated carbocycles. The number of aromatic nitrogens is 4. The van der Waals surface area contributed by atoms with Gasteiger partial charge in [-0.2, -0.15) is 5.10 Å². The van der Waals surface area contributed by atoms with Crippen molar-refractivity contribution < 1.29 is 13.9 Å². The number of nitrogens with zero attached hydrogens (tertiary/aromatic N) is 4. The van der Waals surface area contributed by atoms with Crippen LogP contribution in [0.25, 0.3) is 0 Å². The van der Waals surface area contributed by atoms with Gasteiger partial charge in [-0.3, -0.25) is 9.89 Å². The Kier molecular flexibility index (Phi) is 3.86. The molecule has 2 aliphatic rings. The van der Waals surface area contributed by atoms with Gasteiger partial charge in [0, 0.05) is 25.5 Å². The third-order valence-electron chi connectivity index (χ3n) is 5.55. The lowest BCUT2D eigenvalue weighted by Gasteiger charge is -2.43. The van der Waals surface area contributed by atoms with Gasteiger partial charge in [-0.05, 0) is 37.0 Å². The van der Waals surface area contributed by atoms with Crippen LogP contribution in [0.4, 0.5) is 0 Å². The third-order valence-corrected chi connectivity index (χ3v) is 5.55. The molecule has 1 saturated heterocycles. The first-order chi connectivity index (χ1) is 13.2. The zero-order valence-electron chi connectivity index (χ0n) is 14.9. The summed E-state index contributed by atoms with van der Waals surface area (Å²) in [4.78, 5) is 18.7. The average molecular weight is 367 g/mol. The van der Waals surface area contributed by atoms with Gasteiger partial charge in [0.25, 0.3) is 5.91 Å². The Morgan fingerprint density at radius 3 is 3.00 bits per heavy atom. The van der Waals surface area contributed by atoms with E-state index in [1.807, 2.05) is 27.9 Å². The average Bonchev–Trinajstić information content (AvgIpc) is 3.44. The van der Waals surface area contributed by atoms with Gasteiger partial charge in [-0.1, -0.05) is 0 Å². The lowest BCUT2D eigenvalue weighted by atomic mass is 9.83. The van der Waals surface area contributed by atoms with Crippen LogP contribution in [0.2, 0.25) is 0 Å². The summed E-state index contributed by atoms with van der Waals surface area (Å²) in [6.07, 6.45) is 9.61. The molecule has 3 aromatic rings. The summed E-state index contributed by atoms with van der Waals surface area (Å²) in [7, 11) is 0. The van der Waals surface area contributed by atoms with E-state index in [0.29, 0.717) is 32.0 Å². The summed E-state index contributed by atoms with van der Waals surface area (Å²) in [6, 6.07) is 3.60. The van der Waals surface area contributed by atoms with Crippen LogP contribution in [0.1, 0.15) is 40.4 Å². The molecule has 0 bridgehead atoms.